The monoisotopic (exact) mass is 242 g/mol. The van der Waals surface area contributed by atoms with Crippen LogP contribution in [0.4, 0.5) is 0 Å². The SMILES string of the molecule is COCCN(CC(C)C)CC(C)CNC1CC1. The third-order valence-electron chi connectivity index (χ3n) is 3.14. The molecule has 0 aromatic carbocycles. The molecular weight excluding hydrogens is 212 g/mol. The van der Waals surface area contributed by atoms with Gasteiger partial charge in [0.2, 0.25) is 0 Å². The number of hydrogen-bond donors (Lipinski definition) is 1. The number of nitrogens with zero attached hydrogens (tertiary/aromatic N) is 1. The molecule has 1 unspecified atom stereocenters. The van der Waals surface area contributed by atoms with Crippen LogP contribution in [0.3, 0.4) is 0 Å². The third-order valence-corrected chi connectivity index (χ3v) is 3.14. The van der Waals surface area contributed by atoms with Crippen molar-refractivity contribution in [2.45, 2.75) is 39.7 Å². The molecule has 1 atom stereocenters. The van der Waals surface area contributed by atoms with E-state index in [2.05, 4.69) is 31.0 Å². The van der Waals surface area contributed by atoms with E-state index in [0.29, 0.717) is 0 Å². The van der Waals surface area contributed by atoms with Crippen LogP contribution >= 0.6 is 0 Å². The van der Waals surface area contributed by atoms with E-state index in [0.717, 1.165) is 37.6 Å². The van der Waals surface area contributed by atoms with E-state index >= 15 is 0 Å². The minimum atomic E-state index is 0.728. The number of nitrogens with one attached hydrogen (secondary N) is 1. The minimum absolute atomic E-state index is 0.728. The summed E-state index contributed by atoms with van der Waals surface area (Å²) >= 11 is 0. The van der Waals surface area contributed by atoms with E-state index < -0.39 is 0 Å². The Morgan fingerprint density at radius 1 is 1.24 bits per heavy atom. The average molecular weight is 242 g/mol. The Labute approximate surface area is 107 Å². The van der Waals surface area contributed by atoms with Crippen molar-refractivity contribution >= 4 is 0 Å². The molecule has 0 heterocycles. The van der Waals surface area contributed by atoms with Gasteiger partial charge in [-0.25, -0.2) is 0 Å². The van der Waals surface area contributed by atoms with Crippen molar-refractivity contribution in [2.24, 2.45) is 11.8 Å². The van der Waals surface area contributed by atoms with Gasteiger partial charge in [0.25, 0.3) is 0 Å². The summed E-state index contributed by atoms with van der Waals surface area (Å²) in [6, 6.07) is 0.829. The van der Waals surface area contributed by atoms with Crippen LogP contribution in [0.2, 0.25) is 0 Å². The normalized spacial score (nSPS) is 18.0. The van der Waals surface area contributed by atoms with Crippen LogP contribution in [-0.2, 0) is 4.74 Å². The molecule has 1 aliphatic carbocycles. The lowest BCUT2D eigenvalue weighted by Crippen LogP contribution is -2.37. The zero-order valence-corrected chi connectivity index (χ0v) is 12.0. The molecule has 17 heavy (non-hydrogen) atoms. The first-order chi connectivity index (χ1) is 8.11. The van der Waals surface area contributed by atoms with Gasteiger partial charge in [-0.05, 0) is 31.2 Å². The maximum atomic E-state index is 5.19. The molecule has 0 aromatic heterocycles. The van der Waals surface area contributed by atoms with Crippen LogP contribution < -0.4 is 5.32 Å². The van der Waals surface area contributed by atoms with E-state index in [1.807, 2.05) is 0 Å². The highest BCUT2D eigenvalue weighted by atomic mass is 16.5. The zero-order chi connectivity index (χ0) is 12.7. The van der Waals surface area contributed by atoms with Gasteiger partial charge in [-0.15, -0.1) is 0 Å². The van der Waals surface area contributed by atoms with Crippen molar-refractivity contribution in [3.63, 3.8) is 0 Å². The summed E-state index contributed by atoms with van der Waals surface area (Å²) in [4.78, 5) is 2.54. The molecule has 3 heteroatoms. The summed E-state index contributed by atoms with van der Waals surface area (Å²) < 4.78 is 5.19. The van der Waals surface area contributed by atoms with Crippen molar-refractivity contribution in [2.75, 3.05) is 39.9 Å². The van der Waals surface area contributed by atoms with Gasteiger partial charge in [-0.3, -0.25) is 0 Å². The predicted octanol–water partition coefficient (Wildman–Crippen LogP) is 1.98. The second kappa shape index (κ2) is 8.06. The van der Waals surface area contributed by atoms with Crippen molar-refractivity contribution in [1.29, 1.82) is 0 Å². The second-order valence-corrected chi connectivity index (χ2v) is 5.93. The summed E-state index contributed by atoms with van der Waals surface area (Å²) in [5.41, 5.74) is 0. The predicted molar refractivity (Wildman–Crippen MR) is 73.3 cm³/mol. The van der Waals surface area contributed by atoms with Crippen molar-refractivity contribution in [3.8, 4) is 0 Å². The molecule has 0 amide bonds. The highest BCUT2D eigenvalue weighted by Crippen LogP contribution is 2.18. The van der Waals surface area contributed by atoms with Gasteiger partial charge >= 0.3 is 0 Å². The van der Waals surface area contributed by atoms with E-state index in [1.54, 1.807) is 7.11 Å². The fourth-order valence-corrected chi connectivity index (χ4v) is 2.15. The van der Waals surface area contributed by atoms with E-state index in [1.165, 1.54) is 25.9 Å². The fourth-order valence-electron chi connectivity index (χ4n) is 2.15. The number of rotatable bonds is 10. The molecule has 0 aliphatic heterocycles. The van der Waals surface area contributed by atoms with Crippen LogP contribution in [0.15, 0.2) is 0 Å². The molecule has 0 bridgehead atoms. The Morgan fingerprint density at radius 2 is 1.94 bits per heavy atom. The zero-order valence-electron chi connectivity index (χ0n) is 12.0. The van der Waals surface area contributed by atoms with Gasteiger partial charge in [-0.2, -0.15) is 0 Å². The maximum Gasteiger partial charge on any atom is 0.0589 e. The number of hydrogen-bond acceptors (Lipinski definition) is 3. The molecule has 0 spiro atoms. The summed E-state index contributed by atoms with van der Waals surface area (Å²) in [6.07, 6.45) is 2.76. The standard InChI is InChI=1S/C14H30N2O/c1-12(2)10-16(7-8-17-4)11-13(3)9-15-14-5-6-14/h12-15H,5-11H2,1-4H3. The van der Waals surface area contributed by atoms with Crippen LogP contribution in [0.5, 0.6) is 0 Å². The highest BCUT2D eigenvalue weighted by Gasteiger charge is 2.21. The van der Waals surface area contributed by atoms with Gasteiger partial charge in [-0.1, -0.05) is 20.8 Å². The van der Waals surface area contributed by atoms with E-state index in [4.69, 9.17) is 4.74 Å². The lowest BCUT2D eigenvalue weighted by molar-refractivity contribution is 0.129. The van der Waals surface area contributed by atoms with Crippen molar-refractivity contribution < 1.29 is 4.74 Å². The largest absolute Gasteiger partial charge is 0.383 e. The van der Waals surface area contributed by atoms with Gasteiger partial charge < -0.3 is 15.0 Å². The van der Waals surface area contributed by atoms with Gasteiger partial charge in [0, 0.05) is 32.8 Å². The van der Waals surface area contributed by atoms with E-state index in [9.17, 15) is 0 Å². The Balaban J connectivity index is 2.18. The average Bonchev–Trinajstić information content (AvgIpc) is 3.06. The summed E-state index contributed by atoms with van der Waals surface area (Å²) in [6.45, 7) is 12.3. The molecule has 0 saturated heterocycles. The molecule has 1 rings (SSSR count). The third kappa shape index (κ3) is 7.74. The Kier molecular flexibility index (Phi) is 7.09. The van der Waals surface area contributed by atoms with E-state index in [-0.39, 0.29) is 0 Å². The maximum absolute atomic E-state index is 5.19. The van der Waals surface area contributed by atoms with Gasteiger partial charge in [0.1, 0.15) is 0 Å². The first kappa shape index (κ1) is 14.9. The number of ether oxygens (including phenoxy) is 1. The van der Waals surface area contributed by atoms with Crippen molar-refractivity contribution in [3.05, 3.63) is 0 Å². The molecule has 1 saturated carbocycles. The Bertz CT molecular complexity index is 193. The van der Waals surface area contributed by atoms with Gasteiger partial charge in [0.15, 0.2) is 0 Å². The van der Waals surface area contributed by atoms with Crippen LogP contribution in [0.25, 0.3) is 0 Å². The van der Waals surface area contributed by atoms with Crippen molar-refractivity contribution in [1.82, 2.24) is 10.2 Å². The Morgan fingerprint density at radius 3 is 2.47 bits per heavy atom. The first-order valence-corrected chi connectivity index (χ1v) is 7.06. The quantitative estimate of drug-likeness (QED) is 0.634. The minimum Gasteiger partial charge on any atom is -0.383 e. The highest BCUT2D eigenvalue weighted by molar-refractivity contribution is 4.81. The molecule has 1 N–H and O–H groups in total. The second-order valence-electron chi connectivity index (χ2n) is 5.93. The molecule has 102 valence electrons. The first-order valence-electron chi connectivity index (χ1n) is 7.06. The lowest BCUT2D eigenvalue weighted by atomic mass is 10.1. The molecule has 3 nitrogen and oxygen atoms in total. The molecule has 1 aliphatic rings. The fraction of sp³-hybridized carbons (Fsp3) is 1.00. The molecule has 0 aromatic rings. The Hall–Kier alpha value is -0.120. The van der Waals surface area contributed by atoms with Crippen LogP contribution in [0.1, 0.15) is 33.6 Å². The van der Waals surface area contributed by atoms with Gasteiger partial charge in [0.05, 0.1) is 6.61 Å². The summed E-state index contributed by atoms with van der Waals surface area (Å²) in [7, 11) is 1.78. The van der Waals surface area contributed by atoms with Crippen LogP contribution in [-0.4, -0.2) is 50.8 Å². The lowest BCUT2D eigenvalue weighted by Gasteiger charge is -2.27. The summed E-state index contributed by atoms with van der Waals surface area (Å²) in [5, 5.41) is 3.61. The molecule has 0 radical (unpaired) electrons. The smallest absolute Gasteiger partial charge is 0.0589 e. The topological polar surface area (TPSA) is 24.5 Å². The van der Waals surface area contributed by atoms with Crippen LogP contribution in [0, 0.1) is 11.8 Å². The summed E-state index contributed by atoms with van der Waals surface area (Å²) in [5.74, 6) is 1.46. The molecular formula is C14H30N2O. The number of methoxy groups -OCH3 is 1. The molecule has 1 fully saturated rings.